The van der Waals surface area contributed by atoms with E-state index < -0.39 is 42.8 Å². The Labute approximate surface area is 231 Å². The minimum atomic E-state index is -2.62. The van der Waals surface area contributed by atoms with Crippen molar-refractivity contribution < 1.29 is 54.8 Å². The summed E-state index contributed by atoms with van der Waals surface area (Å²) in [6.07, 6.45) is -0.870. The van der Waals surface area contributed by atoms with E-state index in [1.54, 1.807) is 0 Å². The number of aliphatic hydroxyl groups is 6. The maximum Gasteiger partial charge on any atom is 0.324 e. The molecule has 0 aromatic rings. The minimum absolute atomic E-state index is 0.290. The molecule has 234 valence electrons. The lowest BCUT2D eigenvalue weighted by Gasteiger charge is -2.46. The number of ether oxygens (including phenoxy) is 2. The molecule has 12 heteroatoms. The molecule has 0 aliphatic carbocycles. The lowest BCUT2D eigenvalue weighted by molar-refractivity contribution is -0.196. The van der Waals surface area contributed by atoms with Crippen molar-refractivity contribution in [2.75, 3.05) is 39.6 Å². The third-order valence-electron chi connectivity index (χ3n) is 5.52. The first-order valence-electron chi connectivity index (χ1n) is 12.7. The highest BCUT2D eigenvalue weighted by atomic mass is 31.2. The molecule has 0 heterocycles. The van der Waals surface area contributed by atoms with Crippen LogP contribution in [-0.4, -0.2) is 108 Å². The third-order valence-corrected chi connectivity index (χ3v) is 5.52. The molecule has 0 saturated heterocycles. The zero-order valence-electron chi connectivity index (χ0n) is 25.7. The number of hydrogen-bond donors (Lipinski definition) is 9. The summed E-state index contributed by atoms with van der Waals surface area (Å²) in [7, 11) is -2.62. The Morgan fingerprint density at radius 2 is 0.605 bits per heavy atom. The highest BCUT2D eigenvalue weighted by molar-refractivity contribution is 7.38. The first-order chi connectivity index (χ1) is 16.8. The summed E-state index contributed by atoms with van der Waals surface area (Å²) in [4.78, 5) is 21.7. The quantitative estimate of drug-likeness (QED) is 0.170. The molecular formula is C26H59O11P. The molecule has 38 heavy (non-hydrogen) atoms. The Hall–Kier alpha value is -0.0100. The molecule has 0 bridgehead atoms. The van der Waals surface area contributed by atoms with Crippen molar-refractivity contribution in [3.8, 4) is 0 Å². The van der Waals surface area contributed by atoms with Crippen molar-refractivity contribution in [2.45, 2.75) is 106 Å². The molecule has 0 aromatic heterocycles. The lowest BCUT2D eigenvalue weighted by atomic mass is 9.71. The second-order valence-corrected chi connectivity index (χ2v) is 14.4. The van der Waals surface area contributed by atoms with Gasteiger partial charge in [0.25, 0.3) is 0 Å². The van der Waals surface area contributed by atoms with Gasteiger partial charge < -0.3 is 54.8 Å². The van der Waals surface area contributed by atoms with Crippen molar-refractivity contribution >= 4 is 8.60 Å². The van der Waals surface area contributed by atoms with Gasteiger partial charge >= 0.3 is 8.60 Å². The highest BCUT2D eigenvalue weighted by Gasteiger charge is 2.47. The molecule has 0 saturated carbocycles. The second kappa shape index (κ2) is 17.1. The van der Waals surface area contributed by atoms with Crippen LogP contribution < -0.4 is 0 Å². The molecule has 9 N–H and O–H groups in total. The normalized spacial score (nSPS) is 15.3. The van der Waals surface area contributed by atoms with Crippen LogP contribution in [0.4, 0.5) is 0 Å². The van der Waals surface area contributed by atoms with Gasteiger partial charge in [-0.05, 0) is 52.4 Å². The average molecular weight is 579 g/mol. The summed E-state index contributed by atoms with van der Waals surface area (Å²) in [5.74, 6) is 0. The SMILES string of the molecule is CC(C)(C)OC(C(C)(C)C)C(CO)(CO)CO.CC(C)(C)OC(C(C)(C)C)C(CO)(CO)CO.OP(O)O. The summed E-state index contributed by atoms with van der Waals surface area (Å²) in [6, 6.07) is 0. The van der Waals surface area contributed by atoms with Crippen molar-refractivity contribution in [1.82, 2.24) is 0 Å². The zero-order valence-corrected chi connectivity index (χ0v) is 26.6. The van der Waals surface area contributed by atoms with Crippen molar-refractivity contribution in [1.29, 1.82) is 0 Å². The van der Waals surface area contributed by atoms with Crippen molar-refractivity contribution in [3.05, 3.63) is 0 Å². The van der Waals surface area contributed by atoms with Crippen LogP contribution in [0.15, 0.2) is 0 Å². The molecular weight excluding hydrogens is 519 g/mol. The Morgan fingerprint density at radius 1 is 0.447 bits per heavy atom. The predicted octanol–water partition coefficient (Wildman–Crippen LogP) is 1.55. The monoisotopic (exact) mass is 578 g/mol. The topological polar surface area (TPSA) is 201 Å². The maximum absolute atomic E-state index is 9.51. The van der Waals surface area contributed by atoms with Crippen LogP contribution in [0.2, 0.25) is 0 Å². The highest BCUT2D eigenvalue weighted by Crippen LogP contribution is 2.40. The van der Waals surface area contributed by atoms with E-state index in [1.165, 1.54) is 0 Å². The molecule has 0 spiro atoms. The van der Waals surface area contributed by atoms with Crippen LogP contribution in [0.5, 0.6) is 0 Å². The minimum Gasteiger partial charge on any atom is -0.396 e. The molecule has 0 fully saturated rings. The fraction of sp³-hybridized carbons (Fsp3) is 1.00. The molecule has 0 amide bonds. The molecule has 0 rings (SSSR count). The van der Waals surface area contributed by atoms with Gasteiger partial charge in [-0.1, -0.05) is 41.5 Å². The van der Waals surface area contributed by atoms with Gasteiger partial charge in [-0.25, -0.2) is 0 Å². The van der Waals surface area contributed by atoms with E-state index in [2.05, 4.69) is 0 Å². The van der Waals surface area contributed by atoms with Gasteiger partial charge in [0, 0.05) is 0 Å². The summed E-state index contributed by atoms with van der Waals surface area (Å²) in [5, 5.41) is 57.0. The van der Waals surface area contributed by atoms with Gasteiger partial charge in [0.15, 0.2) is 0 Å². The first kappa shape index (κ1) is 42.5. The number of aliphatic hydroxyl groups excluding tert-OH is 6. The fourth-order valence-corrected chi connectivity index (χ4v) is 3.95. The summed E-state index contributed by atoms with van der Waals surface area (Å²) >= 11 is 0. The van der Waals surface area contributed by atoms with E-state index in [0.29, 0.717) is 0 Å². The Bertz CT molecular complexity index is 525. The van der Waals surface area contributed by atoms with Gasteiger partial charge in [0.1, 0.15) is 0 Å². The van der Waals surface area contributed by atoms with Crippen LogP contribution in [0.25, 0.3) is 0 Å². The third kappa shape index (κ3) is 16.3. The smallest absolute Gasteiger partial charge is 0.324 e. The van der Waals surface area contributed by atoms with Crippen LogP contribution in [0, 0.1) is 21.7 Å². The average Bonchev–Trinajstić information content (AvgIpc) is 2.72. The maximum atomic E-state index is 9.51. The largest absolute Gasteiger partial charge is 0.396 e. The van der Waals surface area contributed by atoms with E-state index in [-0.39, 0.29) is 50.5 Å². The van der Waals surface area contributed by atoms with E-state index >= 15 is 0 Å². The lowest BCUT2D eigenvalue weighted by Crippen LogP contribution is -2.54. The molecule has 0 radical (unpaired) electrons. The zero-order chi connectivity index (χ0) is 31.4. The fourth-order valence-electron chi connectivity index (χ4n) is 3.95. The van der Waals surface area contributed by atoms with Crippen LogP contribution >= 0.6 is 8.60 Å². The van der Waals surface area contributed by atoms with Gasteiger partial charge in [-0.2, -0.15) is 0 Å². The Balaban J connectivity index is -0.000000564. The standard InChI is InChI=1S/2C13H28O4.H3O3P/c2*1-11(2,3)10(17-12(4,5)6)13(7-14,8-15)9-16;1-4(2)3/h2*10,14-16H,7-9H2,1-6H3;1-3H. The van der Waals surface area contributed by atoms with Gasteiger partial charge in [-0.15, -0.1) is 0 Å². The molecule has 2 unspecified atom stereocenters. The van der Waals surface area contributed by atoms with E-state index in [4.69, 9.17) is 24.2 Å². The van der Waals surface area contributed by atoms with Crippen molar-refractivity contribution in [2.24, 2.45) is 21.7 Å². The van der Waals surface area contributed by atoms with Crippen molar-refractivity contribution in [3.63, 3.8) is 0 Å². The number of hydrogen-bond acceptors (Lipinski definition) is 11. The van der Waals surface area contributed by atoms with E-state index in [0.717, 1.165) is 0 Å². The molecule has 11 nitrogen and oxygen atoms in total. The Morgan fingerprint density at radius 3 is 0.684 bits per heavy atom. The molecule has 2 atom stereocenters. The number of rotatable bonds is 10. The second-order valence-electron chi connectivity index (χ2n) is 13.9. The van der Waals surface area contributed by atoms with E-state index in [9.17, 15) is 30.6 Å². The van der Waals surface area contributed by atoms with E-state index in [1.807, 2.05) is 83.1 Å². The Kier molecular flexibility index (Phi) is 19.1. The summed E-state index contributed by atoms with van der Waals surface area (Å²) in [5.41, 5.74) is -3.43. The van der Waals surface area contributed by atoms with Crippen LogP contribution in [-0.2, 0) is 9.47 Å². The first-order valence-corrected chi connectivity index (χ1v) is 13.9. The van der Waals surface area contributed by atoms with Gasteiger partial charge in [-0.3, -0.25) is 0 Å². The van der Waals surface area contributed by atoms with Gasteiger partial charge in [0.05, 0.1) is 73.9 Å². The van der Waals surface area contributed by atoms with Gasteiger partial charge in [0.2, 0.25) is 0 Å². The molecule has 0 aliphatic heterocycles. The van der Waals surface area contributed by atoms with Crippen LogP contribution in [0.1, 0.15) is 83.1 Å². The molecule has 0 aliphatic rings. The van der Waals surface area contributed by atoms with Crippen LogP contribution in [0.3, 0.4) is 0 Å². The molecule has 0 aromatic carbocycles. The summed E-state index contributed by atoms with van der Waals surface area (Å²) in [6.45, 7) is 21.5. The predicted molar refractivity (Wildman–Crippen MR) is 149 cm³/mol. The summed E-state index contributed by atoms with van der Waals surface area (Å²) < 4.78 is 11.9.